The van der Waals surface area contributed by atoms with Crippen molar-refractivity contribution in [3.05, 3.63) is 87.9 Å². The van der Waals surface area contributed by atoms with Gasteiger partial charge in [-0.2, -0.15) is 0 Å². The van der Waals surface area contributed by atoms with Crippen molar-refractivity contribution < 1.29 is 23.7 Å². The number of methoxy groups -OCH3 is 1. The summed E-state index contributed by atoms with van der Waals surface area (Å²) < 4.78 is 22.2. The summed E-state index contributed by atoms with van der Waals surface area (Å²) >= 11 is 6.63. The number of ether oxygens (including phenoxy) is 4. The van der Waals surface area contributed by atoms with Crippen LogP contribution in [0.2, 0.25) is 5.02 Å². The third-order valence-corrected chi connectivity index (χ3v) is 5.87. The van der Waals surface area contributed by atoms with Crippen molar-refractivity contribution in [1.82, 2.24) is 5.32 Å². The highest BCUT2D eigenvalue weighted by atomic mass is 35.5. The van der Waals surface area contributed by atoms with Gasteiger partial charge in [0.15, 0.2) is 23.0 Å². The molecule has 176 valence electrons. The molecule has 1 heterocycles. The predicted molar refractivity (Wildman–Crippen MR) is 132 cm³/mol. The van der Waals surface area contributed by atoms with E-state index in [0.29, 0.717) is 41.8 Å². The van der Waals surface area contributed by atoms with Gasteiger partial charge in [0.05, 0.1) is 12.1 Å². The Morgan fingerprint density at radius 3 is 2.65 bits per heavy atom. The molecule has 0 saturated carbocycles. The number of benzene rings is 3. The number of hydrogen-bond acceptors (Lipinski definition) is 5. The van der Waals surface area contributed by atoms with E-state index in [0.717, 1.165) is 28.0 Å². The van der Waals surface area contributed by atoms with Gasteiger partial charge in [-0.1, -0.05) is 48.0 Å². The third-order valence-electron chi connectivity index (χ3n) is 5.46. The van der Waals surface area contributed by atoms with Crippen LogP contribution in [-0.4, -0.2) is 26.4 Å². The molecule has 0 bridgehead atoms. The second kappa shape index (κ2) is 11.0. The van der Waals surface area contributed by atoms with Crippen LogP contribution in [0.3, 0.4) is 0 Å². The molecule has 0 aromatic heterocycles. The summed E-state index contributed by atoms with van der Waals surface area (Å²) in [5, 5.41) is 3.38. The molecule has 3 aromatic rings. The van der Waals surface area contributed by atoms with E-state index in [4.69, 9.17) is 30.5 Å². The Labute approximate surface area is 204 Å². The number of fused-ring (bicyclic) bond motifs is 1. The first kappa shape index (κ1) is 23.5. The van der Waals surface area contributed by atoms with Crippen LogP contribution >= 0.6 is 11.6 Å². The zero-order valence-electron chi connectivity index (χ0n) is 19.1. The fourth-order valence-corrected chi connectivity index (χ4v) is 3.89. The maximum Gasteiger partial charge on any atom is 0.244 e. The van der Waals surface area contributed by atoms with Crippen molar-refractivity contribution in [3.8, 4) is 23.0 Å². The third kappa shape index (κ3) is 5.64. The van der Waals surface area contributed by atoms with Crippen LogP contribution in [0.5, 0.6) is 23.0 Å². The SMILES string of the molecule is COc1ccc(CCNC(=O)/C=C/c2cc3c(cc2C)OCO3)c(Cl)c1OCc1ccccc1. The van der Waals surface area contributed by atoms with Gasteiger partial charge in [0, 0.05) is 12.6 Å². The van der Waals surface area contributed by atoms with Gasteiger partial charge in [-0.15, -0.1) is 0 Å². The largest absolute Gasteiger partial charge is 0.493 e. The van der Waals surface area contributed by atoms with Crippen LogP contribution in [0.1, 0.15) is 22.3 Å². The highest BCUT2D eigenvalue weighted by molar-refractivity contribution is 6.33. The number of carbonyl (C=O) groups is 1. The summed E-state index contributed by atoms with van der Waals surface area (Å²) in [6.07, 6.45) is 3.82. The quantitative estimate of drug-likeness (QED) is 0.420. The van der Waals surface area contributed by atoms with E-state index in [1.807, 2.05) is 61.5 Å². The molecule has 0 saturated heterocycles. The Hall–Kier alpha value is -3.64. The van der Waals surface area contributed by atoms with Crippen molar-refractivity contribution in [3.63, 3.8) is 0 Å². The van der Waals surface area contributed by atoms with Gasteiger partial charge in [-0.3, -0.25) is 4.79 Å². The molecule has 6 nitrogen and oxygen atoms in total. The molecule has 0 spiro atoms. The summed E-state index contributed by atoms with van der Waals surface area (Å²) in [5.41, 5.74) is 3.79. The molecule has 0 radical (unpaired) electrons. The Balaban J connectivity index is 1.35. The van der Waals surface area contributed by atoms with Crippen LogP contribution in [0.15, 0.2) is 60.7 Å². The molecule has 34 heavy (non-hydrogen) atoms. The molecule has 0 unspecified atom stereocenters. The second-order valence-electron chi connectivity index (χ2n) is 7.78. The highest BCUT2D eigenvalue weighted by Gasteiger charge is 2.16. The zero-order chi connectivity index (χ0) is 23.9. The van der Waals surface area contributed by atoms with Crippen LogP contribution in [-0.2, 0) is 17.8 Å². The fraction of sp³-hybridized carbons (Fsp3) is 0.222. The van der Waals surface area contributed by atoms with Crippen LogP contribution in [0.4, 0.5) is 0 Å². The first-order valence-electron chi connectivity index (χ1n) is 10.9. The van der Waals surface area contributed by atoms with E-state index in [9.17, 15) is 4.79 Å². The average molecular weight is 480 g/mol. The fourth-order valence-electron chi connectivity index (χ4n) is 3.58. The van der Waals surface area contributed by atoms with E-state index in [2.05, 4.69) is 5.32 Å². The molecule has 3 aromatic carbocycles. The minimum absolute atomic E-state index is 0.192. The maximum atomic E-state index is 12.3. The number of halogens is 1. The second-order valence-corrected chi connectivity index (χ2v) is 8.16. The van der Waals surface area contributed by atoms with Crippen LogP contribution in [0, 0.1) is 6.92 Å². The molecule has 1 aliphatic rings. The maximum absolute atomic E-state index is 12.3. The van der Waals surface area contributed by atoms with Crippen molar-refractivity contribution in [2.75, 3.05) is 20.4 Å². The predicted octanol–water partition coefficient (Wildman–Crippen LogP) is 5.34. The topological polar surface area (TPSA) is 66.0 Å². The molecule has 4 rings (SSSR count). The van der Waals surface area contributed by atoms with Crippen LogP contribution < -0.4 is 24.3 Å². The van der Waals surface area contributed by atoms with E-state index >= 15 is 0 Å². The Morgan fingerprint density at radius 2 is 1.88 bits per heavy atom. The van der Waals surface area contributed by atoms with Gasteiger partial charge in [0.1, 0.15) is 6.61 Å². The first-order chi connectivity index (χ1) is 16.5. The van der Waals surface area contributed by atoms with E-state index in [1.54, 1.807) is 13.2 Å². The molecular formula is C27H26ClNO5. The summed E-state index contributed by atoms with van der Waals surface area (Å²) in [6.45, 7) is 2.98. The van der Waals surface area contributed by atoms with Gasteiger partial charge in [0.25, 0.3) is 0 Å². The number of aryl methyl sites for hydroxylation is 1. The van der Waals surface area contributed by atoms with E-state index < -0.39 is 0 Å². The lowest BCUT2D eigenvalue weighted by molar-refractivity contribution is -0.116. The zero-order valence-corrected chi connectivity index (χ0v) is 19.9. The van der Waals surface area contributed by atoms with Crippen molar-refractivity contribution >= 4 is 23.6 Å². The lowest BCUT2D eigenvalue weighted by atomic mass is 10.1. The van der Waals surface area contributed by atoms with Gasteiger partial charge in [-0.25, -0.2) is 0 Å². The molecule has 0 atom stereocenters. The molecule has 7 heteroatoms. The summed E-state index contributed by atoms with van der Waals surface area (Å²) in [6, 6.07) is 17.3. The molecule has 1 N–H and O–H groups in total. The van der Waals surface area contributed by atoms with Crippen molar-refractivity contribution in [2.24, 2.45) is 0 Å². The monoisotopic (exact) mass is 479 g/mol. The molecule has 0 aliphatic carbocycles. The standard InChI is InChI=1S/C27H26ClNO5/c1-18-14-23-24(34-17-33-23)15-21(18)9-11-25(30)29-13-12-20-8-10-22(31-2)27(26(20)28)32-16-19-6-4-3-5-7-19/h3-11,14-15H,12-13,16-17H2,1-2H3,(H,29,30)/b11-9+. The van der Waals surface area contributed by atoms with E-state index in [1.165, 1.54) is 6.08 Å². The van der Waals surface area contributed by atoms with Crippen molar-refractivity contribution in [1.29, 1.82) is 0 Å². The molecule has 0 fully saturated rings. The van der Waals surface area contributed by atoms with Gasteiger partial charge >= 0.3 is 0 Å². The van der Waals surface area contributed by atoms with Gasteiger partial charge in [-0.05, 0) is 59.9 Å². The number of hydrogen-bond donors (Lipinski definition) is 1. The van der Waals surface area contributed by atoms with Gasteiger partial charge < -0.3 is 24.3 Å². The van der Waals surface area contributed by atoms with Gasteiger partial charge in [0.2, 0.25) is 12.7 Å². The minimum Gasteiger partial charge on any atom is -0.493 e. The van der Waals surface area contributed by atoms with Crippen molar-refractivity contribution in [2.45, 2.75) is 20.0 Å². The number of rotatable bonds is 9. The normalized spacial score (nSPS) is 12.1. The Morgan fingerprint density at radius 1 is 1.12 bits per heavy atom. The van der Waals surface area contributed by atoms with E-state index in [-0.39, 0.29) is 12.7 Å². The number of nitrogens with one attached hydrogen (secondary N) is 1. The molecule has 1 aliphatic heterocycles. The molecule has 1 amide bonds. The molecular weight excluding hydrogens is 454 g/mol. The first-order valence-corrected chi connectivity index (χ1v) is 11.3. The Bertz CT molecular complexity index is 1190. The van der Waals surface area contributed by atoms with Crippen LogP contribution in [0.25, 0.3) is 6.08 Å². The summed E-state index contributed by atoms with van der Waals surface area (Å²) in [4.78, 5) is 12.3. The minimum atomic E-state index is -0.192. The smallest absolute Gasteiger partial charge is 0.244 e. The average Bonchev–Trinajstić information content (AvgIpc) is 3.30. The highest BCUT2D eigenvalue weighted by Crippen LogP contribution is 2.38. The number of amides is 1. The summed E-state index contributed by atoms with van der Waals surface area (Å²) in [7, 11) is 1.58. The summed E-state index contributed by atoms with van der Waals surface area (Å²) in [5.74, 6) is 2.28. The Kier molecular flexibility index (Phi) is 7.60. The number of carbonyl (C=O) groups excluding carboxylic acids is 1. The lowest BCUT2D eigenvalue weighted by Crippen LogP contribution is -2.23. The lowest BCUT2D eigenvalue weighted by Gasteiger charge is -2.15.